The van der Waals surface area contributed by atoms with Gasteiger partial charge in [0.25, 0.3) is 5.91 Å². The molecule has 0 aromatic heterocycles. The number of hydrogen-bond acceptors (Lipinski definition) is 2. The number of carbonyl (C=O) groups is 1. The van der Waals surface area contributed by atoms with Gasteiger partial charge in [0.15, 0.2) is 0 Å². The van der Waals surface area contributed by atoms with Crippen LogP contribution in [0.15, 0.2) is 18.2 Å². The molecular formula is C15H21F3N2O. The van der Waals surface area contributed by atoms with Gasteiger partial charge in [0, 0.05) is 30.9 Å². The van der Waals surface area contributed by atoms with Crippen LogP contribution in [0.25, 0.3) is 0 Å². The Kier molecular flexibility index (Phi) is 5.63. The van der Waals surface area contributed by atoms with Crippen molar-refractivity contribution in [3.8, 4) is 0 Å². The zero-order chi connectivity index (χ0) is 16.2. The van der Waals surface area contributed by atoms with E-state index < -0.39 is 17.6 Å². The SMILES string of the molecule is CCNc1ccc(C(=O)N(C)C(C)CC)cc1C(F)(F)F. The van der Waals surface area contributed by atoms with E-state index in [9.17, 15) is 18.0 Å². The van der Waals surface area contributed by atoms with Gasteiger partial charge in [-0.2, -0.15) is 13.2 Å². The Balaban J connectivity index is 3.19. The third kappa shape index (κ3) is 4.12. The van der Waals surface area contributed by atoms with Crippen molar-refractivity contribution >= 4 is 11.6 Å². The highest BCUT2D eigenvalue weighted by Crippen LogP contribution is 2.35. The van der Waals surface area contributed by atoms with Crippen molar-refractivity contribution in [2.45, 2.75) is 39.4 Å². The number of halogens is 3. The molecule has 0 spiro atoms. The number of hydrogen-bond donors (Lipinski definition) is 1. The maximum Gasteiger partial charge on any atom is 0.418 e. The molecule has 1 aromatic rings. The standard InChI is InChI=1S/C15H21F3N2O/c1-5-10(3)20(4)14(21)11-7-8-13(19-6-2)12(9-11)15(16,17)18/h7-10,19H,5-6H2,1-4H3. The number of amides is 1. The van der Waals surface area contributed by atoms with E-state index >= 15 is 0 Å². The molecule has 118 valence electrons. The minimum absolute atomic E-state index is 0.00672. The minimum Gasteiger partial charge on any atom is -0.385 e. The quantitative estimate of drug-likeness (QED) is 0.891. The monoisotopic (exact) mass is 302 g/mol. The van der Waals surface area contributed by atoms with Gasteiger partial charge < -0.3 is 10.2 Å². The Morgan fingerprint density at radius 1 is 1.33 bits per heavy atom. The summed E-state index contributed by atoms with van der Waals surface area (Å²) in [6.07, 6.45) is -3.76. The van der Waals surface area contributed by atoms with Crippen LogP contribution in [-0.2, 0) is 6.18 Å². The summed E-state index contributed by atoms with van der Waals surface area (Å²) < 4.78 is 39.2. The third-order valence-corrected chi connectivity index (χ3v) is 3.51. The van der Waals surface area contributed by atoms with Gasteiger partial charge >= 0.3 is 6.18 Å². The molecule has 0 saturated carbocycles. The fraction of sp³-hybridized carbons (Fsp3) is 0.533. The molecule has 0 bridgehead atoms. The maximum absolute atomic E-state index is 13.1. The summed E-state index contributed by atoms with van der Waals surface area (Å²) in [5.74, 6) is -0.405. The van der Waals surface area contributed by atoms with Gasteiger partial charge in [-0.1, -0.05) is 6.92 Å². The van der Waals surface area contributed by atoms with Crippen LogP contribution in [0.5, 0.6) is 0 Å². The van der Waals surface area contributed by atoms with Crippen LogP contribution in [0.3, 0.4) is 0 Å². The summed E-state index contributed by atoms with van der Waals surface area (Å²) in [6, 6.07) is 3.62. The molecule has 0 aliphatic carbocycles. The molecule has 1 amide bonds. The second-order valence-corrected chi connectivity index (χ2v) is 4.96. The van der Waals surface area contributed by atoms with Gasteiger partial charge in [-0.15, -0.1) is 0 Å². The van der Waals surface area contributed by atoms with E-state index in [2.05, 4.69) is 5.32 Å². The van der Waals surface area contributed by atoms with Crippen molar-refractivity contribution in [2.75, 3.05) is 18.9 Å². The Morgan fingerprint density at radius 3 is 2.43 bits per heavy atom. The molecule has 3 nitrogen and oxygen atoms in total. The van der Waals surface area contributed by atoms with Gasteiger partial charge in [-0.25, -0.2) is 0 Å². The van der Waals surface area contributed by atoms with Crippen molar-refractivity contribution in [3.63, 3.8) is 0 Å². The Labute approximate surface area is 123 Å². The highest BCUT2D eigenvalue weighted by Gasteiger charge is 2.34. The largest absolute Gasteiger partial charge is 0.418 e. The lowest BCUT2D eigenvalue weighted by Gasteiger charge is -2.24. The first-order valence-electron chi connectivity index (χ1n) is 6.94. The summed E-state index contributed by atoms with van der Waals surface area (Å²) >= 11 is 0. The van der Waals surface area contributed by atoms with E-state index in [1.165, 1.54) is 17.0 Å². The fourth-order valence-electron chi connectivity index (χ4n) is 1.93. The molecule has 0 aliphatic rings. The number of benzene rings is 1. The lowest BCUT2D eigenvalue weighted by atomic mass is 10.1. The number of alkyl halides is 3. The fourth-order valence-corrected chi connectivity index (χ4v) is 1.93. The van der Waals surface area contributed by atoms with Crippen LogP contribution in [0.2, 0.25) is 0 Å². The molecule has 1 unspecified atom stereocenters. The van der Waals surface area contributed by atoms with E-state index in [-0.39, 0.29) is 17.3 Å². The predicted octanol–water partition coefficient (Wildman–Crippen LogP) is 4.01. The van der Waals surface area contributed by atoms with Crippen LogP contribution in [0.1, 0.15) is 43.1 Å². The predicted molar refractivity (Wildman–Crippen MR) is 77.5 cm³/mol. The topological polar surface area (TPSA) is 32.3 Å². The normalized spacial score (nSPS) is 12.9. The number of anilines is 1. The average molecular weight is 302 g/mol. The van der Waals surface area contributed by atoms with E-state index in [1.807, 2.05) is 13.8 Å². The van der Waals surface area contributed by atoms with Crippen molar-refractivity contribution in [1.82, 2.24) is 4.90 Å². The Hall–Kier alpha value is -1.72. The lowest BCUT2D eigenvalue weighted by molar-refractivity contribution is -0.137. The molecule has 6 heteroatoms. The summed E-state index contributed by atoms with van der Waals surface area (Å²) in [5.41, 5.74) is -0.771. The van der Waals surface area contributed by atoms with E-state index in [4.69, 9.17) is 0 Å². The highest BCUT2D eigenvalue weighted by molar-refractivity contribution is 5.95. The van der Waals surface area contributed by atoms with Gasteiger partial charge in [-0.3, -0.25) is 4.79 Å². The molecule has 1 aromatic carbocycles. The smallest absolute Gasteiger partial charge is 0.385 e. The number of carbonyl (C=O) groups excluding carboxylic acids is 1. The molecule has 21 heavy (non-hydrogen) atoms. The zero-order valence-corrected chi connectivity index (χ0v) is 12.7. The first-order valence-corrected chi connectivity index (χ1v) is 6.94. The summed E-state index contributed by atoms with van der Waals surface area (Å²) in [5, 5.41) is 2.67. The minimum atomic E-state index is -4.50. The molecule has 0 aliphatic heterocycles. The molecule has 1 N–H and O–H groups in total. The van der Waals surface area contributed by atoms with E-state index in [1.54, 1.807) is 14.0 Å². The van der Waals surface area contributed by atoms with Crippen LogP contribution in [-0.4, -0.2) is 30.4 Å². The number of nitrogens with zero attached hydrogens (tertiary/aromatic N) is 1. The maximum atomic E-state index is 13.1. The first kappa shape index (κ1) is 17.3. The lowest BCUT2D eigenvalue weighted by Crippen LogP contribution is -2.34. The Morgan fingerprint density at radius 2 is 1.95 bits per heavy atom. The number of nitrogens with one attached hydrogen (secondary N) is 1. The molecule has 0 fully saturated rings. The van der Waals surface area contributed by atoms with Gasteiger partial charge in [0.2, 0.25) is 0 Å². The van der Waals surface area contributed by atoms with Crippen molar-refractivity contribution in [1.29, 1.82) is 0 Å². The van der Waals surface area contributed by atoms with Crippen LogP contribution in [0.4, 0.5) is 18.9 Å². The summed E-state index contributed by atoms with van der Waals surface area (Å²) in [4.78, 5) is 13.7. The van der Waals surface area contributed by atoms with Crippen molar-refractivity contribution < 1.29 is 18.0 Å². The average Bonchev–Trinajstić information content (AvgIpc) is 2.44. The van der Waals surface area contributed by atoms with Gasteiger partial charge in [-0.05, 0) is 38.5 Å². The molecule has 1 atom stereocenters. The second kappa shape index (κ2) is 6.83. The number of rotatable bonds is 5. The summed E-state index contributed by atoms with van der Waals surface area (Å²) in [6.45, 7) is 5.87. The van der Waals surface area contributed by atoms with E-state index in [0.29, 0.717) is 6.54 Å². The van der Waals surface area contributed by atoms with Gasteiger partial charge in [0.05, 0.1) is 5.56 Å². The van der Waals surface area contributed by atoms with Crippen LogP contribution >= 0.6 is 0 Å². The Bertz CT molecular complexity index is 500. The second-order valence-electron chi connectivity index (χ2n) is 4.96. The van der Waals surface area contributed by atoms with Crippen LogP contribution < -0.4 is 5.32 Å². The highest BCUT2D eigenvalue weighted by atomic mass is 19.4. The van der Waals surface area contributed by atoms with Gasteiger partial charge in [0.1, 0.15) is 0 Å². The summed E-state index contributed by atoms with van der Waals surface area (Å²) in [7, 11) is 1.60. The molecular weight excluding hydrogens is 281 g/mol. The van der Waals surface area contributed by atoms with Crippen molar-refractivity contribution in [3.05, 3.63) is 29.3 Å². The third-order valence-electron chi connectivity index (χ3n) is 3.51. The van der Waals surface area contributed by atoms with Crippen molar-refractivity contribution in [2.24, 2.45) is 0 Å². The van der Waals surface area contributed by atoms with Crippen LogP contribution in [0, 0.1) is 0 Å². The molecule has 0 radical (unpaired) electrons. The zero-order valence-electron chi connectivity index (χ0n) is 12.7. The molecule has 0 saturated heterocycles. The van der Waals surface area contributed by atoms with E-state index in [0.717, 1.165) is 12.5 Å². The molecule has 0 heterocycles. The molecule has 1 rings (SSSR count). The first-order chi connectivity index (χ1) is 9.72.